The van der Waals surface area contributed by atoms with E-state index in [1.165, 1.54) is 4.68 Å². The van der Waals surface area contributed by atoms with Crippen LogP contribution >= 0.6 is 12.6 Å². The number of aryl methyl sites for hydroxylation is 1. The van der Waals surface area contributed by atoms with Gasteiger partial charge in [0.1, 0.15) is 0 Å². The van der Waals surface area contributed by atoms with Gasteiger partial charge in [-0.1, -0.05) is 0 Å². The molecule has 0 amide bonds. The molecule has 1 aliphatic rings. The van der Waals surface area contributed by atoms with Crippen molar-refractivity contribution in [3.05, 3.63) is 22.6 Å². The molecule has 5 nitrogen and oxygen atoms in total. The van der Waals surface area contributed by atoms with Gasteiger partial charge in [0.25, 0.3) is 5.56 Å². The summed E-state index contributed by atoms with van der Waals surface area (Å²) in [5, 5.41) is 4.27. The number of hydrogen-bond acceptors (Lipinski definition) is 5. The first-order valence-corrected chi connectivity index (χ1v) is 7.72. The molecule has 1 fully saturated rings. The summed E-state index contributed by atoms with van der Waals surface area (Å²) in [6, 6.07) is 1.68. The minimum absolute atomic E-state index is 0.0361. The Labute approximate surface area is 125 Å². The Bertz CT molecular complexity index is 501. The molecule has 0 saturated carbocycles. The zero-order valence-corrected chi connectivity index (χ0v) is 13.1. The van der Waals surface area contributed by atoms with E-state index in [4.69, 9.17) is 4.74 Å². The van der Waals surface area contributed by atoms with E-state index in [9.17, 15) is 4.79 Å². The summed E-state index contributed by atoms with van der Waals surface area (Å²) in [6.45, 7) is 7.04. The number of nitrogens with zero attached hydrogens (tertiary/aromatic N) is 3. The van der Waals surface area contributed by atoms with E-state index in [0.29, 0.717) is 13.2 Å². The van der Waals surface area contributed by atoms with Crippen LogP contribution in [0.5, 0.6) is 0 Å². The number of aromatic nitrogens is 2. The second-order valence-electron chi connectivity index (χ2n) is 5.74. The highest BCUT2D eigenvalue weighted by Gasteiger charge is 2.27. The highest BCUT2D eigenvalue weighted by atomic mass is 32.1. The van der Waals surface area contributed by atoms with Crippen molar-refractivity contribution < 1.29 is 4.74 Å². The molecule has 0 aromatic carbocycles. The van der Waals surface area contributed by atoms with Crippen LogP contribution in [0.15, 0.2) is 17.1 Å². The van der Waals surface area contributed by atoms with Crippen LogP contribution in [-0.2, 0) is 11.3 Å². The minimum atomic E-state index is -0.181. The van der Waals surface area contributed by atoms with E-state index in [-0.39, 0.29) is 11.2 Å². The minimum Gasteiger partial charge on any atom is -0.372 e. The number of morpholine rings is 1. The summed E-state index contributed by atoms with van der Waals surface area (Å²) in [4.78, 5) is 14.2. The molecule has 1 aromatic rings. The van der Waals surface area contributed by atoms with E-state index >= 15 is 0 Å². The fourth-order valence-electron chi connectivity index (χ4n) is 2.38. The van der Waals surface area contributed by atoms with Crippen LogP contribution in [0, 0.1) is 0 Å². The molecule has 1 saturated heterocycles. The lowest BCUT2D eigenvalue weighted by Crippen LogP contribution is -2.48. The van der Waals surface area contributed by atoms with E-state index in [1.54, 1.807) is 12.3 Å². The Morgan fingerprint density at radius 2 is 2.25 bits per heavy atom. The molecule has 1 aromatic heterocycles. The highest BCUT2D eigenvalue weighted by Crippen LogP contribution is 2.21. The summed E-state index contributed by atoms with van der Waals surface area (Å²) < 4.78 is 7.21. The van der Waals surface area contributed by atoms with Gasteiger partial charge in [-0.25, -0.2) is 4.68 Å². The first-order valence-electron chi connectivity index (χ1n) is 7.09. The summed E-state index contributed by atoms with van der Waals surface area (Å²) >= 11 is 4.17. The van der Waals surface area contributed by atoms with Crippen LogP contribution in [0.1, 0.15) is 26.7 Å². The second kappa shape index (κ2) is 6.63. The molecule has 20 heavy (non-hydrogen) atoms. The van der Waals surface area contributed by atoms with Gasteiger partial charge < -0.3 is 9.64 Å². The van der Waals surface area contributed by atoms with Crippen molar-refractivity contribution in [2.75, 3.05) is 30.3 Å². The molecule has 0 spiro atoms. The van der Waals surface area contributed by atoms with Crippen LogP contribution in [0.25, 0.3) is 0 Å². The van der Waals surface area contributed by atoms with E-state index in [0.717, 1.165) is 37.4 Å². The zero-order chi connectivity index (χ0) is 14.6. The average Bonchev–Trinajstić information content (AvgIpc) is 2.39. The molecule has 112 valence electrons. The third kappa shape index (κ3) is 3.99. The number of hydrogen-bond donors (Lipinski definition) is 1. The number of rotatable bonds is 5. The zero-order valence-electron chi connectivity index (χ0n) is 12.2. The fraction of sp³-hybridized carbons (Fsp3) is 0.714. The third-order valence-corrected chi connectivity index (χ3v) is 3.74. The quantitative estimate of drug-likeness (QED) is 0.662. The van der Waals surface area contributed by atoms with E-state index < -0.39 is 0 Å². The van der Waals surface area contributed by atoms with Gasteiger partial charge in [0, 0.05) is 25.7 Å². The van der Waals surface area contributed by atoms with Gasteiger partial charge in [-0.3, -0.25) is 4.79 Å². The van der Waals surface area contributed by atoms with Gasteiger partial charge in [0.15, 0.2) is 0 Å². The van der Waals surface area contributed by atoms with Crippen molar-refractivity contribution in [3.63, 3.8) is 0 Å². The van der Waals surface area contributed by atoms with Crippen molar-refractivity contribution in [3.8, 4) is 0 Å². The first kappa shape index (κ1) is 15.4. The number of ether oxygens (including phenoxy) is 1. The third-order valence-electron chi connectivity index (χ3n) is 3.42. The van der Waals surface area contributed by atoms with Crippen LogP contribution in [0.3, 0.4) is 0 Å². The standard InChI is InChI=1S/C14H23N3O2S/c1-14(2)11-16(6-7-19-14)12-9-13(18)17(15-10-12)5-3-4-8-20/h9-10,20H,3-8,11H2,1-2H3. The summed E-state index contributed by atoms with van der Waals surface area (Å²) in [5.41, 5.74) is 0.669. The monoisotopic (exact) mass is 297 g/mol. The van der Waals surface area contributed by atoms with Crippen LogP contribution in [0.2, 0.25) is 0 Å². The fourth-order valence-corrected chi connectivity index (χ4v) is 2.60. The number of thiol groups is 1. The largest absolute Gasteiger partial charge is 0.372 e. The number of unbranched alkanes of at least 4 members (excludes halogenated alkanes) is 1. The van der Waals surface area contributed by atoms with Gasteiger partial charge in [-0.2, -0.15) is 17.7 Å². The van der Waals surface area contributed by atoms with E-state index in [1.807, 2.05) is 0 Å². The van der Waals surface area contributed by atoms with Gasteiger partial charge in [0.05, 0.1) is 24.1 Å². The summed E-state index contributed by atoms with van der Waals surface area (Å²) in [6.07, 6.45) is 3.71. The molecule has 0 radical (unpaired) electrons. The van der Waals surface area contributed by atoms with Gasteiger partial charge in [-0.15, -0.1) is 0 Å². The second-order valence-corrected chi connectivity index (χ2v) is 6.18. The highest BCUT2D eigenvalue weighted by molar-refractivity contribution is 7.80. The van der Waals surface area contributed by atoms with Crippen molar-refractivity contribution in [1.82, 2.24) is 9.78 Å². The maximum Gasteiger partial charge on any atom is 0.268 e. The summed E-state index contributed by atoms with van der Waals surface area (Å²) in [5.74, 6) is 0.843. The first-order chi connectivity index (χ1) is 9.52. The van der Waals surface area contributed by atoms with Crippen molar-refractivity contribution in [1.29, 1.82) is 0 Å². The van der Waals surface area contributed by atoms with Crippen molar-refractivity contribution in [2.45, 2.75) is 38.8 Å². The van der Waals surface area contributed by atoms with Gasteiger partial charge in [-0.05, 0) is 32.4 Å². The Kier molecular flexibility index (Phi) is 5.10. The maximum absolute atomic E-state index is 12.1. The molecule has 0 unspecified atom stereocenters. The predicted molar refractivity (Wildman–Crippen MR) is 83.8 cm³/mol. The molecular formula is C14H23N3O2S. The van der Waals surface area contributed by atoms with Gasteiger partial charge >= 0.3 is 0 Å². The van der Waals surface area contributed by atoms with Crippen LogP contribution in [0.4, 0.5) is 5.69 Å². The molecule has 2 heterocycles. The molecule has 0 aliphatic carbocycles. The molecule has 0 atom stereocenters. The molecule has 0 bridgehead atoms. The van der Waals surface area contributed by atoms with Crippen molar-refractivity contribution in [2.24, 2.45) is 0 Å². The topological polar surface area (TPSA) is 47.4 Å². The Balaban J connectivity index is 2.06. The predicted octanol–water partition coefficient (Wildman–Crippen LogP) is 1.57. The molecule has 2 rings (SSSR count). The Morgan fingerprint density at radius 3 is 2.90 bits per heavy atom. The summed E-state index contributed by atoms with van der Waals surface area (Å²) in [7, 11) is 0. The molecule has 6 heteroatoms. The van der Waals surface area contributed by atoms with Crippen LogP contribution in [-0.4, -0.2) is 40.8 Å². The molecular weight excluding hydrogens is 274 g/mol. The lowest BCUT2D eigenvalue weighted by Gasteiger charge is -2.39. The maximum atomic E-state index is 12.1. The van der Waals surface area contributed by atoms with Gasteiger partial charge in [0.2, 0.25) is 0 Å². The molecule has 0 N–H and O–H groups in total. The number of anilines is 1. The Morgan fingerprint density at radius 1 is 1.45 bits per heavy atom. The smallest absolute Gasteiger partial charge is 0.268 e. The van der Waals surface area contributed by atoms with E-state index in [2.05, 4.69) is 36.5 Å². The Hall–Kier alpha value is -1.01. The lowest BCUT2D eigenvalue weighted by molar-refractivity contribution is -0.0277. The normalized spacial score (nSPS) is 18.2. The molecule has 1 aliphatic heterocycles. The SMILES string of the molecule is CC1(C)CN(c2cnn(CCCCS)c(=O)c2)CCO1. The lowest BCUT2D eigenvalue weighted by atomic mass is 10.1. The van der Waals surface area contributed by atoms with Crippen molar-refractivity contribution >= 4 is 18.3 Å². The average molecular weight is 297 g/mol. The van der Waals surface area contributed by atoms with Crippen LogP contribution < -0.4 is 10.5 Å².